The van der Waals surface area contributed by atoms with E-state index in [0.29, 0.717) is 12.8 Å². The van der Waals surface area contributed by atoms with E-state index in [1.165, 1.54) is 12.2 Å². The Kier molecular flexibility index (Phi) is 13.4. The third-order valence-electron chi connectivity index (χ3n) is 2.06. The van der Waals surface area contributed by atoms with Crippen molar-refractivity contribution < 1.29 is 32.7 Å². The van der Waals surface area contributed by atoms with Gasteiger partial charge in [-0.15, -0.1) is 9.05 Å². The normalized spacial score (nSPS) is 11.8. The molecule has 0 fully saturated rings. The SMILES string of the molecule is CC=CC(=O)OCCCO[P+](=O)OCCCOC(=O)C=CC. The van der Waals surface area contributed by atoms with Gasteiger partial charge in [0.25, 0.3) is 0 Å². The molecular weight excluding hydrogens is 311 g/mol. The largest absolute Gasteiger partial charge is 0.697 e. The maximum absolute atomic E-state index is 11.3. The summed E-state index contributed by atoms with van der Waals surface area (Å²) in [4.78, 5) is 21.9. The Hall–Kier alpha value is -1.56. The summed E-state index contributed by atoms with van der Waals surface area (Å²) in [7, 11) is -2.22. The van der Waals surface area contributed by atoms with Crippen LogP contribution in [-0.2, 0) is 32.7 Å². The van der Waals surface area contributed by atoms with Gasteiger partial charge in [0, 0.05) is 29.6 Å². The average Bonchev–Trinajstić information content (AvgIpc) is 2.47. The molecule has 0 unspecified atom stereocenters. The van der Waals surface area contributed by atoms with Crippen molar-refractivity contribution in [2.45, 2.75) is 26.7 Å². The summed E-state index contributed by atoms with van der Waals surface area (Å²) in [6, 6.07) is 0. The number of carbonyl (C=O) groups excluding carboxylic acids is 2. The van der Waals surface area contributed by atoms with E-state index in [0.717, 1.165) is 0 Å². The van der Waals surface area contributed by atoms with Crippen molar-refractivity contribution in [2.75, 3.05) is 26.4 Å². The van der Waals surface area contributed by atoms with Gasteiger partial charge in [-0.3, -0.25) is 0 Å². The lowest BCUT2D eigenvalue weighted by Gasteiger charge is -1.99. The molecule has 0 radical (unpaired) electrons. The van der Waals surface area contributed by atoms with Gasteiger partial charge in [0.2, 0.25) is 0 Å². The summed E-state index contributed by atoms with van der Waals surface area (Å²) in [5, 5.41) is 0. The van der Waals surface area contributed by atoms with Crippen LogP contribution in [0.15, 0.2) is 24.3 Å². The van der Waals surface area contributed by atoms with E-state index in [4.69, 9.17) is 18.5 Å². The maximum atomic E-state index is 11.3. The predicted octanol–water partition coefficient (Wildman–Crippen LogP) is 2.70. The van der Waals surface area contributed by atoms with Crippen molar-refractivity contribution >= 4 is 20.2 Å². The number of carbonyl (C=O) groups is 2. The zero-order valence-corrected chi connectivity index (χ0v) is 13.8. The van der Waals surface area contributed by atoms with Gasteiger partial charge in [-0.25, -0.2) is 9.59 Å². The molecule has 0 aliphatic heterocycles. The molecule has 8 heteroatoms. The summed E-state index contributed by atoms with van der Waals surface area (Å²) in [5.74, 6) is -0.841. The van der Waals surface area contributed by atoms with Gasteiger partial charge in [-0.2, -0.15) is 0 Å². The monoisotopic (exact) mass is 333 g/mol. The smallest absolute Gasteiger partial charge is 0.462 e. The molecule has 22 heavy (non-hydrogen) atoms. The molecule has 0 atom stereocenters. The molecule has 0 aromatic carbocycles. The minimum atomic E-state index is -2.22. The number of allylic oxidation sites excluding steroid dienone is 2. The number of rotatable bonds is 12. The van der Waals surface area contributed by atoms with E-state index in [2.05, 4.69) is 0 Å². The molecule has 0 aromatic rings. The van der Waals surface area contributed by atoms with Crippen LogP contribution in [0.2, 0.25) is 0 Å². The van der Waals surface area contributed by atoms with Crippen molar-refractivity contribution in [3.05, 3.63) is 24.3 Å². The Morgan fingerprint density at radius 3 is 1.59 bits per heavy atom. The zero-order chi connectivity index (χ0) is 16.6. The van der Waals surface area contributed by atoms with Gasteiger partial charge in [-0.1, -0.05) is 12.2 Å². The lowest BCUT2D eigenvalue weighted by molar-refractivity contribution is -0.138. The molecule has 0 aliphatic carbocycles. The number of esters is 2. The lowest BCUT2D eigenvalue weighted by Crippen LogP contribution is -2.05. The van der Waals surface area contributed by atoms with Gasteiger partial charge in [0.1, 0.15) is 13.2 Å². The molecule has 0 spiro atoms. The first-order chi connectivity index (χ1) is 10.6. The Morgan fingerprint density at radius 2 is 1.23 bits per heavy atom. The molecule has 0 bridgehead atoms. The number of hydrogen-bond acceptors (Lipinski definition) is 7. The van der Waals surface area contributed by atoms with Crippen molar-refractivity contribution in [3.8, 4) is 0 Å². The Labute approximate surface area is 131 Å². The first kappa shape index (κ1) is 20.4. The highest BCUT2D eigenvalue weighted by Gasteiger charge is 2.19. The van der Waals surface area contributed by atoms with Crippen LogP contribution >= 0.6 is 8.25 Å². The third-order valence-corrected chi connectivity index (χ3v) is 2.85. The summed E-state index contributed by atoms with van der Waals surface area (Å²) in [5.41, 5.74) is 0. The highest BCUT2D eigenvalue weighted by molar-refractivity contribution is 7.33. The second-order valence-electron chi connectivity index (χ2n) is 3.93. The standard InChI is InChI=1S/C14H22O7P/c1-3-7-13(15)18-9-5-11-20-22(17)21-12-6-10-19-14(16)8-4-2/h3-4,7-8H,5-6,9-12H2,1-2H3/q+1. The number of hydrogen-bond donors (Lipinski definition) is 0. The van der Waals surface area contributed by atoms with Gasteiger partial charge in [-0.05, 0) is 13.8 Å². The zero-order valence-electron chi connectivity index (χ0n) is 12.9. The van der Waals surface area contributed by atoms with Crippen LogP contribution < -0.4 is 0 Å². The fraction of sp³-hybridized carbons (Fsp3) is 0.571. The highest BCUT2D eigenvalue weighted by atomic mass is 31.1. The van der Waals surface area contributed by atoms with E-state index in [9.17, 15) is 14.2 Å². The summed E-state index contributed by atoms with van der Waals surface area (Å²) >= 11 is 0. The van der Waals surface area contributed by atoms with Gasteiger partial charge < -0.3 is 9.47 Å². The molecule has 0 N–H and O–H groups in total. The van der Waals surface area contributed by atoms with E-state index in [1.807, 2.05) is 0 Å². The summed E-state index contributed by atoms with van der Waals surface area (Å²) in [6.45, 7) is 4.13. The number of ether oxygens (including phenoxy) is 2. The predicted molar refractivity (Wildman–Crippen MR) is 80.3 cm³/mol. The Bertz CT molecular complexity index is 368. The molecular formula is C14H22O7P+. The van der Waals surface area contributed by atoms with E-state index >= 15 is 0 Å². The molecule has 0 saturated carbocycles. The van der Waals surface area contributed by atoms with E-state index in [-0.39, 0.29) is 26.4 Å². The first-order valence-electron chi connectivity index (χ1n) is 6.92. The molecule has 0 saturated heterocycles. The van der Waals surface area contributed by atoms with Crippen LogP contribution in [0.4, 0.5) is 0 Å². The van der Waals surface area contributed by atoms with E-state index in [1.54, 1.807) is 26.0 Å². The van der Waals surface area contributed by atoms with Crippen molar-refractivity contribution in [3.63, 3.8) is 0 Å². The fourth-order valence-electron chi connectivity index (χ4n) is 1.15. The van der Waals surface area contributed by atoms with Gasteiger partial charge in [0.05, 0.1) is 13.2 Å². The van der Waals surface area contributed by atoms with Gasteiger partial charge >= 0.3 is 20.2 Å². The molecule has 0 rings (SSSR count). The lowest BCUT2D eigenvalue weighted by atomic mass is 10.5. The highest BCUT2D eigenvalue weighted by Crippen LogP contribution is 2.23. The quantitative estimate of drug-likeness (QED) is 0.235. The van der Waals surface area contributed by atoms with Crippen LogP contribution in [0.25, 0.3) is 0 Å². The second-order valence-corrected chi connectivity index (χ2v) is 4.90. The van der Waals surface area contributed by atoms with Crippen molar-refractivity contribution in [2.24, 2.45) is 0 Å². The topological polar surface area (TPSA) is 88.1 Å². The van der Waals surface area contributed by atoms with Crippen LogP contribution in [-0.4, -0.2) is 38.4 Å². The maximum Gasteiger partial charge on any atom is 0.697 e. The molecule has 0 heterocycles. The molecule has 0 amide bonds. The Balaban J connectivity index is 3.43. The molecule has 124 valence electrons. The van der Waals surface area contributed by atoms with Crippen LogP contribution in [0, 0.1) is 0 Å². The summed E-state index contributed by atoms with van der Waals surface area (Å²) in [6.07, 6.45) is 6.64. The summed E-state index contributed by atoms with van der Waals surface area (Å²) < 4.78 is 30.8. The Morgan fingerprint density at radius 1 is 0.818 bits per heavy atom. The van der Waals surface area contributed by atoms with Crippen LogP contribution in [0.1, 0.15) is 26.7 Å². The molecule has 0 aromatic heterocycles. The van der Waals surface area contributed by atoms with Gasteiger partial charge in [0.15, 0.2) is 0 Å². The fourth-order valence-corrected chi connectivity index (χ4v) is 1.78. The van der Waals surface area contributed by atoms with Crippen LogP contribution in [0.3, 0.4) is 0 Å². The van der Waals surface area contributed by atoms with E-state index < -0.39 is 20.2 Å². The van der Waals surface area contributed by atoms with Crippen LogP contribution in [0.5, 0.6) is 0 Å². The minimum Gasteiger partial charge on any atom is -0.462 e. The second kappa shape index (κ2) is 14.4. The minimum absolute atomic E-state index is 0.161. The first-order valence-corrected chi connectivity index (χ1v) is 8.01. The third kappa shape index (κ3) is 13.4. The average molecular weight is 333 g/mol. The molecule has 7 nitrogen and oxygen atoms in total. The molecule has 0 aliphatic rings. The van der Waals surface area contributed by atoms with Crippen molar-refractivity contribution in [1.82, 2.24) is 0 Å². The van der Waals surface area contributed by atoms with Crippen molar-refractivity contribution in [1.29, 1.82) is 0 Å².